The van der Waals surface area contributed by atoms with Gasteiger partial charge in [0.2, 0.25) is 0 Å². The summed E-state index contributed by atoms with van der Waals surface area (Å²) in [5.74, 6) is -0.807. The van der Waals surface area contributed by atoms with Gasteiger partial charge in [-0.15, -0.1) is 0 Å². The highest BCUT2D eigenvalue weighted by Crippen LogP contribution is 2.32. The molecule has 0 unspecified atom stereocenters. The predicted octanol–water partition coefficient (Wildman–Crippen LogP) is 2.40. The Morgan fingerprint density at radius 3 is 2.83 bits per heavy atom. The van der Waals surface area contributed by atoms with Crippen LogP contribution in [0.3, 0.4) is 0 Å². The van der Waals surface area contributed by atoms with Crippen molar-refractivity contribution in [2.45, 2.75) is 19.4 Å². The van der Waals surface area contributed by atoms with Crippen molar-refractivity contribution in [2.24, 2.45) is 7.05 Å². The topological polar surface area (TPSA) is 82.7 Å². The van der Waals surface area contributed by atoms with Gasteiger partial charge in [0, 0.05) is 88.1 Å². The zero-order valence-electron chi connectivity index (χ0n) is 20.0. The molecule has 1 atom stereocenters. The average Bonchev–Trinajstić information content (AvgIpc) is 3.56. The van der Waals surface area contributed by atoms with Gasteiger partial charge in [0.05, 0.1) is 16.9 Å². The molecule has 182 valence electrons. The number of hydrogen-bond donors (Lipinski definition) is 2. The van der Waals surface area contributed by atoms with Crippen LogP contribution < -0.4 is 15.5 Å². The van der Waals surface area contributed by atoms with Crippen LogP contribution in [0.5, 0.6) is 0 Å². The van der Waals surface area contributed by atoms with Gasteiger partial charge < -0.3 is 19.9 Å². The molecule has 1 aromatic carbocycles. The summed E-state index contributed by atoms with van der Waals surface area (Å²) in [6.07, 6.45) is 6.50. The molecule has 0 radical (unpaired) electrons. The zero-order valence-corrected chi connectivity index (χ0v) is 20.0. The van der Waals surface area contributed by atoms with E-state index >= 15 is 0 Å². The number of piperazine rings is 1. The molecule has 0 saturated carbocycles. The highest BCUT2D eigenvalue weighted by atomic mass is 19.1. The first-order chi connectivity index (χ1) is 17.0. The maximum atomic E-state index is 14.5. The van der Waals surface area contributed by atoms with Crippen LogP contribution in [0.1, 0.15) is 22.5 Å². The highest BCUT2D eigenvalue weighted by molar-refractivity contribution is 6.13. The normalized spacial score (nSPS) is 19.2. The third-order valence-electron chi connectivity index (χ3n) is 7.07. The molecule has 10 heteroatoms. The molecule has 35 heavy (non-hydrogen) atoms. The maximum absolute atomic E-state index is 14.5. The minimum atomic E-state index is -0.484. The van der Waals surface area contributed by atoms with Gasteiger partial charge in [0.1, 0.15) is 5.52 Å². The van der Waals surface area contributed by atoms with Crippen molar-refractivity contribution >= 4 is 33.8 Å². The number of aryl methyl sites for hydroxylation is 2. The van der Waals surface area contributed by atoms with Gasteiger partial charge >= 0.3 is 0 Å². The summed E-state index contributed by atoms with van der Waals surface area (Å²) in [7, 11) is 1.86. The van der Waals surface area contributed by atoms with Crippen molar-refractivity contribution in [3.8, 4) is 0 Å². The van der Waals surface area contributed by atoms with E-state index in [2.05, 4.69) is 30.5 Å². The lowest BCUT2D eigenvalue weighted by Crippen LogP contribution is -2.49. The van der Waals surface area contributed by atoms with Gasteiger partial charge in [0.25, 0.3) is 5.91 Å². The van der Waals surface area contributed by atoms with E-state index in [9.17, 15) is 9.18 Å². The van der Waals surface area contributed by atoms with E-state index in [1.165, 1.54) is 6.07 Å². The predicted molar refractivity (Wildman–Crippen MR) is 134 cm³/mol. The van der Waals surface area contributed by atoms with Gasteiger partial charge in [0.15, 0.2) is 11.5 Å². The van der Waals surface area contributed by atoms with Crippen molar-refractivity contribution in [3.05, 3.63) is 53.9 Å². The Balaban J connectivity index is 1.27. The molecule has 5 heterocycles. The summed E-state index contributed by atoms with van der Waals surface area (Å²) in [5.41, 5.74) is 3.52. The number of aromatic nitrogens is 4. The Morgan fingerprint density at radius 2 is 2.00 bits per heavy atom. The van der Waals surface area contributed by atoms with Crippen molar-refractivity contribution in [3.63, 3.8) is 0 Å². The number of carbonyl (C=O) groups is 1. The van der Waals surface area contributed by atoms with Crippen LogP contribution in [0.4, 0.5) is 15.8 Å². The number of hydrogen-bond acceptors (Lipinski definition) is 6. The number of nitrogens with zero attached hydrogens (tertiary/aromatic N) is 6. The van der Waals surface area contributed by atoms with E-state index in [0.717, 1.165) is 56.8 Å². The number of imidazole rings is 1. The summed E-state index contributed by atoms with van der Waals surface area (Å²) < 4.78 is 17.8. The molecular formula is C25H29FN8O. The first-order valence-electron chi connectivity index (χ1n) is 12.1. The van der Waals surface area contributed by atoms with Gasteiger partial charge in [-0.25, -0.2) is 9.37 Å². The van der Waals surface area contributed by atoms with E-state index in [1.807, 2.05) is 25.4 Å². The zero-order chi connectivity index (χ0) is 24.1. The standard InChI is InChI=1S/C25H29FN8O/c1-16-12-34-13-17(11-21(26)24(34)28-16)29-25(35)19-3-4-22(20-15-31(2)30-23(19)20)33-8-5-18(14-33)32-9-6-27-7-10-32/h3-4,11-13,15,18,27H,5-10,14H2,1-2H3,(H,29,35)/t18-/m0/s1. The first kappa shape index (κ1) is 22.0. The van der Waals surface area contributed by atoms with Gasteiger partial charge in [-0.05, 0) is 25.5 Å². The largest absolute Gasteiger partial charge is 0.369 e. The molecule has 4 aromatic rings. The highest BCUT2D eigenvalue weighted by Gasteiger charge is 2.30. The molecule has 2 aliphatic heterocycles. The third-order valence-corrected chi connectivity index (χ3v) is 7.07. The smallest absolute Gasteiger partial charge is 0.257 e. The SMILES string of the molecule is Cc1cn2cc(NC(=O)c3ccc(N4CC[C@H](N5CCNCC5)C4)c4cn(C)nc34)cc(F)c2n1. The molecule has 0 aliphatic carbocycles. The number of amides is 1. The van der Waals surface area contributed by atoms with Crippen LogP contribution in [0.15, 0.2) is 36.8 Å². The Morgan fingerprint density at radius 1 is 1.17 bits per heavy atom. The number of halogens is 1. The quantitative estimate of drug-likeness (QED) is 0.471. The first-order valence-corrected chi connectivity index (χ1v) is 12.1. The van der Waals surface area contributed by atoms with Crippen LogP contribution in [-0.4, -0.2) is 75.3 Å². The fraction of sp³-hybridized carbons (Fsp3) is 0.400. The summed E-state index contributed by atoms with van der Waals surface area (Å²) in [6, 6.07) is 5.68. The van der Waals surface area contributed by atoms with E-state index in [-0.39, 0.29) is 11.6 Å². The molecule has 2 N–H and O–H groups in total. The van der Waals surface area contributed by atoms with Crippen LogP contribution in [0, 0.1) is 12.7 Å². The Labute approximate surface area is 202 Å². The van der Waals surface area contributed by atoms with Crippen molar-refractivity contribution in [1.29, 1.82) is 0 Å². The van der Waals surface area contributed by atoms with Gasteiger partial charge in [-0.2, -0.15) is 5.10 Å². The second-order valence-electron chi connectivity index (χ2n) is 9.52. The van der Waals surface area contributed by atoms with Gasteiger partial charge in [-0.3, -0.25) is 14.4 Å². The van der Waals surface area contributed by atoms with E-state index in [1.54, 1.807) is 28.4 Å². The fourth-order valence-corrected chi connectivity index (χ4v) is 5.42. The Hall–Kier alpha value is -3.50. The van der Waals surface area contributed by atoms with Crippen molar-refractivity contribution in [2.75, 3.05) is 49.5 Å². The Kier molecular flexibility index (Phi) is 5.42. The summed E-state index contributed by atoms with van der Waals surface area (Å²) in [4.78, 5) is 22.4. The van der Waals surface area contributed by atoms with E-state index in [0.29, 0.717) is 28.5 Å². The number of rotatable bonds is 4. The molecule has 9 nitrogen and oxygen atoms in total. The number of pyridine rings is 1. The monoisotopic (exact) mass is 476 g/mol. The lowest BCUT2D eigenvalue weighted by atomic mass is 10.1. The minimum Gasteiger partial charge on any atom is -0.369 e. The van der Waals surface area contributed by atoms with Gasteiger partial charge in [-0.1, -0.05) is 0 Å². The maximum Gasteiger partial charge on any atom is 0.257 e. The molecule has 6 rings (SSSR count). The van der Waals surface area contributed by atoms with Crippen molar-refractivity contribution < 1.29 is 9.18 Å². The number of anilines is 2. The molecule has 2 saturated heterocycles. The molecule has 3 aromatic heterocycles. The minimum absolute atomic E-state index is 0.238. The Bertz CT molecular complexity index is 1420. The van der Waals surface area contributed by atoms with E-state index in [4.69, 9.17) is 0 Å². The molecule has 2 fully saturated rings. The number of benzene rings is 1. The lowest BCUT2D eigenvalue weighted by Gasteiger charge is -2.32. The number of carbonyl (C=O) groups excluding carboxylic acids is 1. The van der Waals surface area contributed by atoms with Crippen LogP contribution in [0.2, 0.25) is 0 Å². The summed E-state index contributed by atoms with van der Waals surface area (Å²) >= 11 is 0. The number of fused-ring (bicyclic) bond motifs is 2. The average molecular weight is 477 g/mol. The molecule has 1 amide bonds. The second-order valence-corrected chi connectivity index (χ2v) is 9.52. The van der Waals surface area contributed by atoms with Crippen molar-refractivity contribution in [1.82, 2.24) is 29.4 Å². The summed E-state index contributed by atoms with van der Waals surface area (Å²) in [6.45, 7) is 8.02. The van der Waals surface area contributed by atoms with Crippen LogP contribution in [0.25, 0.3) is 16.6 Å². The molecule has 0 spiro atoms. The van der Waals surface area contributed by atoms with E-state index < -0.39 is 5.82 Å². The molecule has 2 aliphatic rings. The molecule has 0 bridgehead atoms. The van der Waals surface area contributed by atoms with Crippen LogP contribution >= 0.6 is 0 Å². The lowest BCUT2D eigenvalue weighted by molar-refractivity contribution is 0.102. The van der Waals surface area contributed by atoms with Crippen LogP contribution in [-0.2, 0) is 7.05 Å². The summed E-state index contributed by atoms with van der Waals surface area (Å²) in [5, 5.41) is 11.8. The molecular weight excluding hydrogens is 447 g/mol. The second kappa shape index (κ2) is 8.62. The third kappa shape index (κ3) is 4.02. The number of nitrogens with one attached hydrogen (secondary N) is 2. The fourth-order valence-electron chi connectivity index (χ4n) is 5.42.